The Bertz CT molecular complexity index is 516. The maximum Gasteiger partial charge on any atom is 0.139 e. The maximum absolute atomic E-state index is 5.79. The van der Waals surface area contributed by atoms with Crippen molar-refractivity contribution in [1.82, 2.24) is 4.98 Å². The third-order valence-electron chi connectivity index (χ3n) is 2.37. The molecular formula is C13H13BrN2O. The van der Waals surface area contributed by atoms with Crippen LogP contribution in [-0.4, -0.2) is 4.98 Å². The molecule has 0 aliphatic carbocycles. The van der Waals surface area contributed by atoms with Gasteiger partial charge in [-0.25, -0.2) is 0 Å². The fourth-order valence-corrected chi connectivity index (χ4v) is 1.88. The Kier molecular flexibility index (Phi) is 3.64. The van der Waals surface area contributed by atoms with Gasteiger partial charge in [0.15, 0.2) is 0 Å². The monoisotopic (exact) mass is 292 g/mol. The molecule has 17 heavy (non-hydrogen) atoms. The number of pyridine rings is 1. The van der Waals surface area contributed by atoms with E-state index in [4.69, 9.17) is 10.5 Å². The van der Waals surface area contributed by atoms with Gasteiger partial charge in [-0.05, 0) is 46.6 Å². The summed E-state index contributed by atoms with van der Waals surface area (Å²) in [5, 5.41) is 0. The van der Waals surface area contributed by atoms with Crippen molar-refractivity contribution in [2.45, 2.75) is 13.0 Å². The minimum Gasteiger partial charge on any atom is -0.484 e. The Morgan fingerprint density at radius 1 is 1.29 bits per heavy atom. The van der Waals surface area contributed by atoms with E-state index in [2.05, 4.69) is 20.9 Å². The number of hydrogen-bond donors (Lipinski definition) is 1. The van der Waals surface area contributed by atoms with Crippen LogP contribution < -0.4 is 10.5 Å². The van der Waals surface area contributed by atoms with E-state index in [9.17, 15) is 0 Å². The fourth-order valence-electron chi connectivity index (χ4n) is 1.54. The van der Waals surface area contributed by atoms with Crippen LogP contribution in [0.1, 0.15) is 18.6 Å². The molecule has 0 spiro atoms. The van der Waals surface area contributed by atoms with Gasteiger partial charge < -0.3 is 10.5 Å². The van der Waals surface area contributed by atoms with E-state index in [0.717, 1.165) is 21.5 Å². The number of nitrogens with zero attached hydrogens (tertiary/aromatic N) is 1. The van der Waals surface area contributed by atoms with Gasteiger partial charge in [0, 0.05) is 16.4 Å². The molecule has 0 amide bonds. The van der Waals surface area contributed by atoms with Crippen molar-refractivity contribution < 1.29 is 4.74 Å². The standard InChI is InChI=1S/C13H13BrN2O/c1-9(10-3-2-4-12(15)5-10)17-13-6-11(14)7-16-8-13/h2-9H,15H2,1H3. The first-order chi connectivity index (χ1) is 8.15. The summed E-state index contributed by atoms with van der Waals surface area (Å²) in [6.45, 7) is 1.98. The average Bonchev–Trinajstić information content (AvgIpc) is 2.29. The van der Waals surface area contributed by atoms with Crippen LogP contribution in [0.3, 0.4) is 0 Å². The molecule has 1 aromatic carbocycles. The van der Waals surface area contributed by atoms with Gasteiger partial charge in [0.25, 0.3) is 0 Å². The first kappa shape index (κ1) is 11.9. The molecule has 0 aliphatic rings. The van der Waals surface area contributed by atoms with E-state index in [1.54, 1.807) is 12.4 Å². The highest BCUT2D eigenvalue weighted by molar-refractivity contribution is 9.10. The summed E-state index contributed by atoms with van der Waals surface area (Å²) in [5.74, 6) is 0.731. The van der Waals surface area contributed by atoms with Crippen LogP contribution >= 0.6 is 15.9 Å². The van der Waals surface area contributed by atoms with Crippen LogP contribution in [0.15, 0.2) is 47.2 Å². The van der Waals surface area contributed by atoms with E-state index in [0.29, 0.717) is 0 Å². The molecule has 2 N–H and O–H groups in total. The summed E-state index contributed by atoms with van der Waals surface area (Å²) in [7, 11) is 0. The van der Waals surface area contributed by atoms with Gasteiger partial charge in [-0.2, -0.15) is 0 Å². The molecule has 0 saturated heterocycles. The summed E-state index contributed by atoms with van der Waals surface area (Å²) < 4.78 is 6.69. The molecule has 1 aromatic heterocycles. The van der Waals surface area contributed by atoms with E-state index < -0.39 is 0 Å². The Hall–Kier alpha value is -1.55. The molecule has 2 aromatic rings. The number of rotatable bonds is 3. The molecule has 1 heterocycles. The summed E-state index contributed by atoms with van der Waals surface area (Å²) >= 11 is 3.36. The highest BCUT2D eigenvalue weighted by Gasteiger charge is 2.07. The average molecular weight is 293 g/mol. The van der Waals surface area contributed by atoms with Crippen LogP contribution in [-0.2, 0) is 0 Å². The molecule has 0 aliphatic heterocycles. The van der Waals surface area contributed by atoms with Crippen LogP contribution in [0.2, 0.25) is 0 Å². The molecule has 0 saturated carbocycles. The predicted molar refractivity (Wildman–Crippen MR) is 71.8 cm³/mol. The van der Waals surface area contributed by atoms with Gasteiger partial charge >= 0.3 is 0 Å². The van der Waals surface area contributed by atoms with Gasteiger partial charge in [-0.3, -0.25) is 4.98 Å². The summed E-state index contributed by atoms with van der Waals surface area (Å²) in [5.41, 5.74) is 7.53. The largest absolute Gasteiger partial charge is 0.484 e. The molecule has 4 heteroatoms. The second kappa shape index (κ2) is 5.19. The third kappa shape index (κ3) is 3.20. The molecule has 1 unspecified atom stereocenters. The molecule has 2 rings (SSSR count). The highest BCUT2D eigenvalue weighted by atomic mass is 79.9. The second-order valence-electron chi connectivity index (χ2n) is 3.77. The zero-order valence-electron chi connectivity index (χ0n) is 9.43. The van der Waals surface area contributed by atoms with Crippen molar-refractivity contribution >= 4 is 21.6 Å². The molecule has 0 fully saturated rings. The lowest BCUT2D eigenvalue weighted by Crippen LogP contribution is -2.03. The second-order valence-corrected chi connectivity index (χ2v) is 4.68. The molecular weight excluding hydrogens is 280 g/mol. The predicted octanol–water partition coefficient (Wildman–Crippen LogP) is 3.57. The van der Waals surface area contributed by atoms with Crippen molar-refractivity contribution in [3.63, 3.8) is 0 Å². The first-order valence-corrected chi connectivity index (χ1v) is 6.07. The quantitative estimate of drug-likeness (QED) is 0.880. The lowest BCUT2D eigenvalue weighted by molar-refractivity contribution is 0.226. The number of ether oxygens (including phenoxy) is 1. The van der Waals surface area contributed by atoms with Crippen molar-refractivity contribution in [1.29, 1.82) is 0 Å². The van der Waals surface area contributed by atoms with Gasteiger partial charge in [-0.15, -0.1) is 0 Å². The summed E-state index contributed by atoms with van der Waals surface area (Å²) in [4.78, 5) is 4.05. The van der Waals surface area contributed by atoms with Crippen LogP contribution in [0.25, 0.3) is 0 Å². The van der Waals surface area contributed by atoms with E-state index in [1.165, 1.54) is 0 Å². The lowest BCUT2D eigenvalue weighted by atomic mass is 10.1. The van der Waals surface area contributed by atoms with E-state index >= 15 is 0 Å². The molecule has 3 nitrogen and oxygen atoms in total. The normalized spacial score (nSPS) is 12.1. The van der Waals surface area contributed by atoms with Gasteiger partial charge in [0.05, 0.1) is 6.20 Å². The topological polar surface area (TPSA) is 48.1 Å². The number of anilines is 1. The minimum absolute atomic E-state index is 0.0606. The zero-order valence-corrected chi connectivity index (χ0v) is 11.0. The first-order valence-electron chi connectivity index (χ1n) is 5.28. The number of halogens is 1. The number of nitrogen functional groups attached to an aromatic ring is 1. The van der Waals surface area contributed by atoms with Crippen LogP contribution in [0, 0.1) is 0 Å². The number of hydrogen-bond acceptors (Lipinski definition) is 3. The molecule has 0 bridgehead atoms. The fraction of sp³-hybridized carbons (Fsp3) is 0.154. The molecule has 0 radical (unpaired) electrons. The zero-order chi connectivity index (χ0) is 12.3. The highest BCUT2D eigenvalue weighted by Crippen LogP contribution is 2.24. The van der Waals surface area contributed by atoms with Crippen molar-refractivity contribution in [3.05, 3.63) is 52.8 Å². The van der Waals surface area contributed by atoms with Crippen molar-refractivity contribution in [2.24, 2.45) is 0 Å². The third-order valence-corrected chi connectivity index (χ3v) is 2.81. The van der Waals surface area contributed by atoms with E-state index in [1.807, 2.05) is 37.3 Å². The lowest BCUT2D eigenvalue weighted by Gasteiger charge is -2.15. The SMILES string of the molecule is CC(Oc1cncc(Br)c1)c1cccc(N)c1. The van der Waals surface area contributed by atoms with Crippen molar-refractivity contribution in [3.8, 4) is 5.75 Å². The smallest absolute Gasteiger partial charge is 0.139 e. The number of nitrogens with two attached hydrogens (primary N) is 1. The van der Waals surface area contributed by atoms with Crippen LogP contribution in [0.5, 0.6) is 5.75 Å². The molecule has 1 atom stereocenters. The van der Waals surface area contributed by atoms with Gasteiger partial charge in [0.1, 0.15) is 11.9 Å². The maximum atomic E-state index is 5.79. The van der Waals surface area contributed by atoms with Gasteiger partial charge in [0.2, 0.25) is 0 Å². The summed E-state index contributed by atoms with van der Waals surface area (Å²) in [6, 6.07) is 9.57. The van der Waals surface area contributed by atoms with E-state index in [-0.39, 0.29) is 6.10 Å². The van der Waals surface area contributed by atoms with Crippen molar-refractivity contribution in [2.75, 3.05) is 5.73 Å². The number of aromatic nitrogens is 1. The summed E-state index contributed by atoms with van der Waals surface area (Å²) in [6.07, 6.45) is 3.35. The number of benzene rings is 1. The Balaban J connectivity index is 2.14. The Morgan fingerprint density at radius 2 is 2.12 bits per heavy atom. The van der Waals surface area contributed by atoms with Crippen LogP contribution in [0.4, 0.5) is 5.69 Å². The Labute approximate surface area is 109 Å². The Morgan fingerprint density at radius 3 is 2.82 bits per heavy atom. The molecule has 88 valence electrons. The minimum atomic E-state index is -0.0606. The van der Waals surface area contributed by atoms with Gasteiger partial charge in [-0.1, -0.05) is 12.1 Å².